The second kappa shape index (κ2) is 6.36. The van der Waals surface area contributed by atoms with Crippen LogP contribution in [0, 0.1) is 17.7 Å². The van der Waals surface area contributed by atoms with E-state index >= 15 is 0 Å². The second-order valence-corrected chi connectivity index (χ2v) is 7.20. The standard InChI is InChI=1S/C18H19FN2O2S/c1-11-5-4-6-13-15(10-21(2)18(22)17(11)13)14-9-12(20-24(3)23)7-8-16(14)19/h4-11,17,20H,1-3H3. The Balaban J connectivity index is 2.12. The van der Waals surface area contributed by atoms with E-state index in [1.807, 2.05) is 25.2 Å². The average molecular weight is 346 g/mol. The maximum Gasteiger partial charge on any atom is 0.234 e. The van der Waals surface area contributed by atoms with E-state index in [0.29, 0.717) is 16.8 Å². The Morgan fingerprint density at radius 3 is 2.79 bits per heavy atom. The summed E-state index contributed by atoms with van der Waals surface area (Å²) in [5.41, 5.74) is 2.47. The molecule has 24 heavy (non-hydrogen) atoms. The van der Waals surface area contributed by atoms with Crippen LogP contribution < -0.4 is 4.72 Å². The Morgan fingerprint density at radius 2 is 2.08 bits per heavy atom. The van der Waals surface area contributed by atoms with Crippen LogP contribution in [-0.2, 0) is 15.8 Å². The number of amides is 1. The third-order valence-electron chi connectivity index (χ3n) is 4.32. The molecule has 1 aliphatic carbocycles. The summed E-state index contributed by atoms with van der Waals surface area (Å²) in [6.45, 7) is 1.98. The molecular weight excluding hydrogens is 327 g/mol. The summed E-state index contributed by atoms with van der Waals surface area (Å²) in [6, 6.07) is 4.53. The van der Waals surface area contributed by atoms with Crippen molar-refractivity contribution in [3.05, 3.63) is 59.6 Å². The molecule has 0 saturated carbocycles. The van der Waals surface area contributed by atoms with Crippen molar-refractivity contribution >= 4 is 28.2 Å². The minimum absolute atomic E-state index is 0.00574. The summed E-state index contributed by atoms with van der Waals surface area (Å²) in [5.74, 6) is -0.628. The van der Waals surface area contributed by atoms with E-state index in [1.54, 1.807) is 25.4 Å². The van der Waals surface area contributed by atoms with E-state index < -0.39 is 11.0 Å². The van der Waals surface area contributed by atoms with E-state index in [-0.39, 0.29) is 23.6 Å². The molecule has 2 aliphatic rings. The Kier molecular flexibility index (Phi) is 4.41. The molecular formula is C18H19FN2O2S. The Hall–Kier alpha value is -2.21. The van der Waals surface area contributed by atoms with Crippen molar-refractivity contribution in [2.75, 3.05) is 18.0 Å². The molecule has 0 aromatic heterocycles. The normalized spacial score (nSPS) is 24.2. The Bertz CT molecular complexity index is 813. The van der Waals surface area contributed by atoms with E-state index in [2.05, 4.69) is 4.72 Å². The molecule has 3 atom stereocenters. The number of carbonyl (C=O) groups excluding carboxylic acids is 1. The molecule has 1 aliphatic heterocycles. The first-order valence-corrected chi connectivity index (χ1v) is 9.21. The van der Waals surface area contributed by atoms with E-state index in [0.717, 1.165) is 5.57 Å². The molecule has 1 aromatic carbocycles. The minimum atomic E-state index is -1.24. The number of halogens is 1. The molecule has 1 amide bonds. The van der Waals surface area contributed by atoms with Crippen LogP contribution in [0.2, 0.25) is 0 Å². The van der Waals surface area contributed by atoms with Crippen LogP contribution in [0.3, 0.4) is 0 Å². The number of rotatable bonds is 3. The van der Waals surface area contributed by atoms with E-state index in [4.69, 9.17) is 0 Å². The zero-order valence-electron chi connectivity index (χ0n) is 13.7. The molecule has 1 aromatic rings. The van der Waals surface area contributed by atoms with Gasteiger partial charge in [-0.05, 0) is 29.7 Å². The molecule has 6 heteroatoms. The molecule has 0 fully saturated rings. The van der Waals surface area contributed by atoms with Crippen molar-refractivity contribution in [1.82, 2.24) is 4.90 Å². The van der Waals surface area contributed by atoms with Gasteiger partial charge in [-0.1, -0.05) is 25.2 Å². The van der Waals surface area contributed by atoms with Crippen LogP contribution in [0.25, 0.3) is 5.57 Å². The van der Waals surface area contributed by atoms with Crippen LogP contribution in [0.1, 0.15) is 12.5 Å². The topological polar surface area (TPSA) is 49.4 Å². The summed E-state index contributed by atoms with van der Waals surface area (Å²) in [6.07, 6.45) is 8.95. The zero-order valence-corrected chi connectivity index (χ0v) is 14.6. The number of fused-ring (bicyclic) bond motifs is 1. The first-order chi connectivity index (χ1) is 11.4. The lowest BCUT2D eigenvalue weighted by molar-refractivity contribution is -0.131. The second-order valence-electron chi connectivity index (χ2n) is 6.09. The summed E-state index contributed by atoms with van der Waals surface area (Å²) < 4.78 is 28.6. The highest BCUT2D eigenvalue weighted by molar-refractivity contribution is 7.85. The highest BCUT2D eigenvalue weighted by atomic mass is 32.2. The number of hydrogen-bond donors (Lipinski definition) is 1. The third kappa shape index (κ3) is 2.94. The van der Waals surface area contributed by atoms with Gasteiger partial charge in [0.2, 0.25) is 5.91 Å². The van der Waals surface area contributed by atoms with Gasteiger partial charge in [0.15, 0.2) is 0 Å². The predicted octanol–water partition coefficient (Wildman–Crippen LogP) is 3.09. The van der Waals surface area contributed by atoms with Gasteiger partial charge < -0.3 is 9.62 Å². The fraction of sp³-hybridized carbons (Fsp3) is 0.278. The lowest BCUT2D eigenvalue weighted by atomic mass is 9.76. The molecule has 1 N–H and O–H groups in total. The Labute approximate surface area is 143 Å². The third-order valence-corrected chi connectivity index (χ3v) is 4.84. The first kappa shape index (κ1) is 16.6. The van der Waals surface area contributed by atoms with Gasteiger partial charge in [-0.3, -0.25) is 4.79 Å². The first-order valence-electron chi connectivity index (χ1n) is 7.65. The van der Waals surface area contributed by atoms with Gasteiger partial charge in [-0.15, -0.1) is 0 Å². The predicted molar refractivity (Wildman–Crippen MR) is 94.7 cm³/mol. The van der Waals surface area contributed by atoms with Crippen LogP contribution in [0.4, 0.5) is 10.1 Å². The Morgan fingerprint density at radius 1 is 1.33 bits per heavy atom. The number of carbonyl (C=O) groups is 1. The number of nitrogens with zero attached hydrogens (tertiary/aromatic N) is 1. The number of allylic oxidation sites excluding steroid dienone is 4. The van der Waals surface area contributed by atoms with Crippen molar-refractivity contribution in [3.8, 4) is 0 Å². The average Bonchev–Trinajstić information content (AvgIpc) is 2.52. The summed E-state index contributed by atoms with van der Waals surface area (Å²) in [7, 11) is 0.441. The van der Waals surface area contributed by atoms with Gasteiger partial charge >= 0.3 is 0 Å². The van der Waals surface area contributed by atoms with Crippen LogP contribution in [0.5, 0.6) is 0 Å². The van der Waals surface area contributed by atoms with Crippen molar-refractivity contribution in [1.29, 1.82) is 0 Å². The monoisotopic (exact) mass is 346 g/mol. The SMILES string of the molecule is CC1C=CC=C2C(c3cc(NS(C)=O)ccc3F)=CN(C)C(=O)C21. The molecule has 0 spiro atoms. The van der Waals surface area contributed by atoms with Gasteiger partial charge in [-0.2, -0.15) is 0 Å². The molecule has 1 heterocycles. The number of anilines is 1. The van der Waals surface area contributed by atoms with Crippen molar-refractivity contribution in [2.24, 2.45) is 11.8 Å². The molecule has 3 rings (SSSR count). The fourth-order valence-electron chi connectivity index (χ4n) is 3.19. The molecule has 0 radical (unpaired) electrons. The van der Waals surface area contributed by atoms with Gasteiger partial charge in [0.05, 0.1) is 5.92 Å². The number of nitrogens with one attached hydrogen (secondary N) is 1. The lowest BCUT2D eigenvalue weighted by Crippen LogP contribution is -2.38. The van der Waals surface area contributed by atoms with Gasteiger partial charge in [0, 0.05) is 36.3 Å². The quantitative estimate of drug-likeness (QED) is 0.914. The molecule has 126 valence electrons. The van der Waals surface area contributed by atoms with Crippen LogP contribution in [0.15, 0.2) is 48.2 Å². The fourth-order valence-corrected chi connectivity index (χ4v) is 3.64. The zero-order chi connectivity index (χ0) is 17.4. The lowest BCUT2D eigenvalue weighted by Gasteiger charge is -2.35. The summed E-state index contributed by atoms with van der Waals surface area (Å²) in [5, 5.41) is 0. The minimum Gasteiger partial charge on any atom is -0.321 e. The molecule has 4 nitrogen and oxygen atoms in total. The summed E-state index contributed by atoms with van der Waals surface area (Å²) in [4.78, 5) is 14.0. The smallest absolute Gasteiger partial charge is 0.234 e. The number of hydrogen-bond acceptors (Lipinski definition) is 2. The maximum atomic E-state index is 14.5. The molecule has 0 saturated heterocycles. The van der Waals surface area contributed by atoms with Crippen LogP contribution in [-0.4, -0.2) is 28.3 Å². The van der Waals surface area contributed by atoms with E-state index in [9.17, 15) is 13.4 Å². The highest BCUT2D eigenvalue weighted by Gasteiger charge is 2.37. The van der Waals surface area contributed by atoms with E-state index in [1.165, 1.54) is 17.2 Å². The van der Waals surface area contributed by atoms with Crippen molar-refractivity contribution in [3.63, 3.8) is 0 Å². The van der Waals surface area contributed by atoms with Crippen LogP contribution >= 0.6 is 0 Å². The highest BCUT2D eigenvalue weighted by Crippen LogP contribution is 2.41. The number of benzene rings is 1. The molecule has 0 bridgehead atoms. The van der Waals surface area contributed by atoms with Gasteiger partial charge in [0.1, 0.15) is 16.8 Å². The maximum absolute atomic E-state index is 14.5. The molecule has 3 unspecified atom stereocenters. The summed E-state index contributed by atoms with van der Waals surface area (Å²) >= 11 is 0. The van der Waals surface area contributed by atoms with Gasteiger partial charge in [0.25, 0.3) is 0 Å². The van der Waals surface area contributed by atoms with Crippen molar-refractivity contribution in [2.45, 2.75) is 6.92 Å². The largest absolute Gasteiger partial charge is 0.321 e. The van der Waals surface area contributed by atoms with Crippen molar-refractivity contribution < 1.29 is 13.4 Å². The van der Waals surface area contributed by atoms with Gasteiger partial charge in [-0.25, -0.2) is 8.60 Å².